The fraction of sp³-hybridized carbons (Fsp3) is 0.125. The van der Waals surface area contributed by atoms with Crippen LogP contribution in [0.15, 0.2) is 24.3 Å². The van der Waals surface area contributed by atoms with E-state index in [2.05, 4.69) is 5.32 Å². The number of amides is 1. The highest BCUT2D eigenvalue weighted by Gasteiger charge is 2.10. The standard InChI is InChI=1S/C8H8FNO3S/c9-7-4-2-1-3-6(7)8(11)10-5-14(12)13/h1-4H,5H2,(H,10,11)(H,12,13). The maximum Gasteiger partial charge on any atom is 0.255 e. The van der Waals surface area contributed by atoms with Gasteiger partial charge in [0.2, 0.25) is 0 Å². The van der Waals surface area contributed by atoms with E-state index in [0.717, 1.165) is 6.07 Å². The SMILES string of the molecule is O=C(NCS(=O)O)c1ccccc1F. The van der Waals surface area contributed by atoms with Crippen LogP contribution in [0.25, 0.3) is 0 Å². The van der Waals surface area contributed by atoms with E-state index in [1.807, 2.05) is 0 Å². The molecule has 4 nitrogen and oxygen atoms in total. The average Bonchev–Trinajstić information content (AvgIpc) is 2.15. The van der Waals surface area contributed by atoms with E-state index in [0.29, 0.717) is 0 Å². The summed E-state index contributed by atoms with van der Waals surface area (Å²) in [5.41, 5.74) is -0.141. The molecule has 1 atom stereocenters. The van der Waals surface area contributed by atoms with Crippen LogP contribution in [0, 0.1) is 5.82 Å². The molecule has 1 aromatic carbocycles. The maximum atomic E-state index is 13.0. The van der Waals surface area contributed by atoms with Crippen molar-refractivity contribution in [3.63, 3.8) is 0 Å². The second-order valence-corrected chi connectivity index (χ2v) is 3.38. The molecule has 0 bridgehead atoms. The van der Waals surface area contributed by atoms with Crippen molar-refractivity contribution in [1.29, 1.82) is 0 Å². The highest BCUT2D eigenvalue weighted by molar-refractivity contribution is 7.79. The molecule has 0 radical (unpaired) electrons. The van der Waals surface area contributed by atoms with Crippen LogP contribution in [0.3, 0.4) is 0 Å². The lowest BCUT2D eigenvalue weighted by Crippen LogP contribution is -2.27. The maximum absolute atomic E-state index is 13.0. The van der Waals surface area contributed by atoms with Crippen molar-refractivity contribution in [2.24, 2.45) is 0 Å². The van der Waals surface area contributed by atoms with Gasteiger partial charge in [-0.1, -0.05) is 12.1 Å². The quantitative estimate of drug-likeness (QED) is 0.734. The Morgan fingerprint density at radius 3 is 2.71 bits per heavy atom. The predicted molar refractivity (Wildman–Crippen MR) is 49.5 cm³/mol. The number of benzene rings is 1. The number of hydrogen-bond acceptors (Lipinski definition) is 2. The van der Waals surface area contributed by atoms with Gasteiger partial charge in [-0.05, 0) is 12.1 Å². The molecule has 2 N–H and O–H groups in total. The molecule has 0 aliphatic carbocycles. The fourth-order valence-electron chi connectivity index (χ4n) is 0.868. The second kappa shape index (κ2) is 4.83. The van der Waals surface area contributed by atoms with E-state index in [-0.39, 0.29) is 5.56 Å². The summed E-state index contributed by atoms with van der Waals surface area (Å²) in [6.07, 6.45) is 0. The van der Waals surface area contributed by atoms with E-state index in [1.54, 1.807) is 0 Å². The summed E-state index contributed by atoms with van der Waals surface area (Å²) in [5, 5.41) is 2.11. The third kappa shape index (κ3) is 2.90. The smallest absolute Gasteiger partial charge is 0.255 e. The first-order valence-corrected chi connectivity index (χ1v) is 4.99. The van der Waals surface area contributed by atoms with Gasteiger partial charge in [0.15, 0.2) is 11.1 Å². The Labute approximate surface area is 82.4 Å². The molecule has 0 saturated heterocycles. The van der Waals surface area contributed by atoms with Crippen LogP contribution in [0.4, 0.5) is 4.39 Å². The largest absolute Gasteiger partial charge is 0.338 e. The average molecular weight is 217 g/mol. The topological polar surface area (TPSA) is 66.4 Å². The van der Waals surface area contributed by atoms with Crippen molar-refractivity contribution in [2.45, 2.75) is 0 Å². The van der Waals surface area contributed by atoms with Gasteiger partial charge in [-0.25, -0.2) is 8.60 Å². The van der Waals surface area contributed by atoms with Crippen LogP contribution in [0.5, 0.6) is 0 Å². The summed E-state index contributed by atoms with van der Waals surface area (Å²) in [6, 6.07) is 5.40. The van der Waals surface area contributed by atoms with Crippen molar-refractivity contribution in [2.75, 3.05) is 5.88 Å². The third-order valence-electron chi connectivity index (χ3n) is 1.47. The highest BCUT2D eigenvalue weighted by Crippen LogP contribution is 2.05. The zero-order chi connectivity index (χ0) is 10.6. The van der Waals surface area contributed by atoms with Crippen LogP contribution in [0.1, 0.15) is 10.4 Å². The van der Waals surface area contributed by atoms with E-state index in [9.17, 15) is 13.4 Å². The summed E-state index contributed by atoms with van der Waals surface area (Å²) in [6.45, 7) is 0. The van der Waals surface area contributed by atoms with Crippen LogP contribution in [-0.4, -0.2) is 20.5 Å². The Bertz CT molecular complexity index is 369. The summed E-state index contributed by atoms with van der Waals surface area (Å²) in [5.74, 6) is -1.77. The Hall–Kier alpha value is -1.27. The van der Waals surface area contributed by atoms with Gasteiger partial charge >= 0.3 is 0 Å². The molecule has 1 aromatic rings. The molecule has 14 heavy (non-hydrogen) atoms. The molecule has 1 rings (SSSR count). The minimum atomic E-state index is -2.12. The summed E-state index contributed by atoms with van der Waals surface area (Å²) in [4.78, 5) is 11.2. The lowest BCUT2D eigenvalue weighted by Gasteiger charge is -2.02. The minimum Gasteiger partial charge on any atom is -0.338 e. The first-order valence-electron chi connectivity index (χ1n) is 3.71. The zero-order valence-corrected chi connectivity index (χ0v) is 7.88. The van der Waals surface area contributed by atoms with Crippen molar-refractivity contribution in [3.8, 4) is 0 Å². The molecule has 0 fully saturated rings. The van der Waals surface area contributed by atoms with Crippen LogP contribution < -0.4 is 5.32 Å². The van der Waals surface area contributed by atoms with Gasteiger partial charge in [0.1, 0.15) is 11.7 Å². The van der Waals surface area contributed by atoms with Gasteiger partial charge in [0.25, 0.3) is 5.91 Å². The van der Waals surface area contributed by atoms with E-state index in [4.69, 9.17) is 4.55 Å². The van der Waals surface area contributed by atoms with Crippen molar-refractivity contribution >= 4 is 17.0 Å². The highest BCUT2D eigenvalue weighted by atomic mass is 32.2. The molecule has 0 aliphatic rings. The van der Waals surface area contributed by atoms with Crippen molar-refractivity contribution < 1.29 is 17.9 Å². The summed E-state index contributed by atoms with van der Waals surface area (Å²) >= 11 is -2.12. The Morgan fingerprint density at radius 1 is 1.50 bits per heavy atom. The van der Waals surface area contributed by atoms with Crippen molar-refractivity contribution in [1.82, 2.24) is 5.32 Å². The number of nitrogens with one attached hydrogen (secondary N) is 1. The summed E-state index contributed by atoms with van der Waals surface area (Å²) in [7, 11) is 0. The van der Waals surface area contributed by atoms with Crippen LogP contribution >= 0.6 is 0 Å². The molecule has 1 unspecified atom stereocenters. The third-order valence-corrected chi connectivity index (χ3v) is 1.87. The molecule has 0 saturated carbocycles. The molecule has 0 aliphatic heterocycles. The van der Waals surface area contributed by atoms with Crippen LogP contribution in [0.2, 0.25) is 0 Å². The van der Waals surface area contributed by atoms with Gasteiger partial charge in [0.05, 0.1) is 5.56 Å². The molecule has 76 valence electrons. The summed E-state index contributed by atoms with van der Waals surface area (Å²) < 4.78 is 31.6. The van der Waals surface area contributed by atoms with Crippen LogP contribution in [-0.2, 0) is 11.1 Å². The monoisotopic (exact) mass is 217 g/mol. The van der Waals surface area contributed by atoms with Crippen molar-refractivity contribution in [3.05, 3.63) is 35.6 Å². The Morgan fingerprint density at radius 2 is 2.14 bits per heavy atom. The molecular weight excluding hydrogens is 209 g/mol. The first kappa shape index (κ1) is 10.8. The number of rotatable bonds is 3. The minimum absolute atomic E-state index is 0.141. The Balaban J connectivity index is 2.70. The van der Waals surface area contributed by atoms with Gasteiger partial charge in [-0.2, -0.15) is 0 Å². The van der Waals surface area contributed by atoms with Gasteiger partial charge in [-0.3, -0.25) is 4.79 Å². The fourth-order valence-corrected chi connectivity index (χ4v) is 1.12. The Kier molecular flexibility index (Phi) is 3.73. The molecule has 1 amide bonds. The molecule has 0 aromatic heterocycles. The molecule has 0 heterocycles. The predicted octanol–water partition coefficient (Wildman–Crippen LogP) is 0.735. The number of carbonyl (C=O) groups is 1. The first-order chi connectivity index (χ1) is 6.61. The number of carbonyl (C=O) groups excluding carboxylic acids is 1. The number of hydrogen-bond donors (Lipinski definition) is 2. The second-order valence-electron chi connectivity index (χ2n) is 2.45. The molecule has 0 spiro atoms. The van der Waals surface area contributed by atoms with Gasteiger partial charge < -0.3 is 9.87 Å². The van der Waals surface area contributed by atoms with Gasteiger partial charge in [0, 0.05) is 0 Å². The zero-order valence-electron chi connectivity index (χ0n) is 7.07. The van der Waals surface area contributed by atoms with E-state index >= 15 is 0 Å². The lowest BCUT2D eigenvalue weighted by atomic mass is 10.2. The number of halogens is 1. The van der Waals surface area contributed by atoms with Gasteiger partial charge in [-0.15, -0.1) is 0 Å². The molecule has 6 heteroatoms. The van der Waals surface area contributed by atoms with E-state index < -0.39 is 28.7 Å². The lowest BCUT2D eigenvalue weighted by molar-refractivity contribution is 0.0955. The molecular formula is C8H8FNO3S. The normalized spacial score (nSPS) is 12.1. The van der Waals surface area contributed by atoms with E-state index in [1.165, 1.54) is 18.2 Å².